The monoisotopic (exact) mass is 260 g/mol. The second-order valence-corrected chi connectivity index (χ2v) is 6.94. The molecular weight excluding hydrogens is 239 g/mol. The molecular formula is C16H21FN2. The van der Waals surface area contributed by atoms with Crippen LogP contribution in [0.3, 0.4) is 0 Å². The molecule has 0 spiro atoms. The van der Waals surface area contributed by atoms with Gasteiger partial charge in [-0.25, -0.2) is 4.39 Å². The fourth-order valence-electron chi connectivity index (χ4n) is 2.89. The normalized spacial score (nSPS) is 29.9. The number of nitrogens with one attached hydrogen (secondary N) is 1. The summed E-state index contributed by atoms with van der Waals surface area (Å²) in [7, 11) is 0. The van der Waals surface area contributed by atoms with Crippen molar-refractivity contribution < 1.29 is 4.39 Å². The first-order valence-electron chi connectivity index (χ1n) is 6.65. The average Bonchev–Trinajstić information content (AvgIpc) is 2.80. The van der Waals surface area contributed by atoms with Gasteiger partial charge in [0.05, 0.1) is 6.07 Å². The van der Waals surface area contributed by atoms with Crippen molar-refractivity contribution >= 4 is 0 Å². The minimum atomic E-state index is -0.489. The third-order valence-electron chi connectivity index (χ3n) is 3.82. The first-order chi connectivity index (χ1) is 8.70. The van der Waals surface area contributed by atoms with E-state index in [0.29, 0.717) is 0 Å². The molecule has 0 bridgehead atoms. The molecule has 1 aliphatic carbocycles. The Morgan fingerprint density at radius 1 is 1.42 bits per heavy atom. The zero-order valence-electron chi connectivity index (χ0n) is 12.0. The summed E-state index contributed by atoms with van der Waals surface area (Å²) in [5, 5.41) is 12.9. The summed E-state index contributed by atoms with van der Waals surface area (Å²) >= 11 is 0. The Balaban J connectivity index is 2.16. The molecule has 19 heavy (non-hydrogen) atoms. The van der Waals surface area contributed by atoms with Crippen LogP contribution < -0.4 is 5.32 Å². The van der Waals surface area contributed by atoms with Gasteiger partial charge in [0.25, 0.3) is 0 Å². The van der Waals surface area contributed by atoms with Gasteiger partial charge >= 0.3 is 0 Å². The van der Waals surface area contributed by atoms with Gasteiger partial charge in [-0.3, -0.25) is 5.32 Å². The highest BCUT2D eigenvalue weighted by Crippen LogP contribution is 2.58. The molecule has 2 rings (SSSR count). The van der Waals surface area contributed by atoms with Gasteiger partial charge in [0.15, 0.2) is 0 Å². The molecule has 0 amide bonds. The molecule has 1 saturated carbocycles. The highest BCUT2D eigenvalue weighted by atomic mass is 19.1. The van der Waals surface area contributed by atoms with Gasteiger partial charge in [-0.05, 0) is 51.3 Å². The van der Waals surface area contributed by atoms with E-state index in [1.807, 2.05) is 6.07 Å². The van der Waals surface area contributed by atoms with E-state index in [9.17, 15) is 9.65 Å². The van der Waals surface area contributed by atoms with E-state index in [1.54, 1.807) is 12.1 Å². The highest BCUT2D eigenvalue weighted by Gasteiger charge is 2.65. The zero-order valence-corrected chi connectivity index (χ0v) is 12.0. The Hall–Kier alpha value is -1.40. The molecule has 1 aromatic rings. The lowest BCUT2D eigenvalue weighted by Crippen LogP contribution is -2.47. The van der Waals surface area contributed by atoms with E-state index in [-0.39, 0.29) is 16.8 Å². The zero-order chi connectivity index (χ0) is 14.3. The van der Waals surface area contributed by atoms with Gasteiger partial charge in [0.1, 0.15) is 11.4 Å². The van der Waals surface area contributed by atoms with Crippen LogP contribution >= 0.6 is 0 Å². The predicted octanol–water partition coefficient (Wildman–Crippen LogP) is 3.43. The molecule has 2 atom stereocenters. The number of halogens is 1. The molecule has 0 aliphatic heterocycles. The van der Waals surface area contributed by atoms with Gasteiger partial charge < -0.3 is 0 Å². The second kappa shape index (κ2) is 4.31. The Bertz CT molecular complexity index is 526. The summed E-state index contributed by atoms with van der Waals surface area (Å²) in [6.07, 6.45) is 1.53. The lowest BCUT2D eigenvalue weighted by Gasteiger charge is -2.28. The first kappa shape index (κ1) is 14.0. The average molecular weight is 260 g/mol. The SMILES string of the molecule is CC(C)(C)N[C@]1(C#N)C[C@@]1(C)Cc1cccc(F)c1. The van der Waals surface area contributed by atoms with E-state index in [0.717, 1.165) is 18.4 Å². The van der Waals surface area contributed by atoms with Crippen molar-refractivity contribution in [1.29, 1.82) is 5.26 Å². The molecule has 1 fully saturated rings. The predicted molar refractivity (Wildman–Crippen MR) is 74.1 cm³/mol. The van der Waals surface area contributed by atoms with Crippen LogP contribution in [0.15, 0.2) is 24.3 Å². The van der Waals surface area contributed by atoms with E-state index in [1.165, 1.54) is 6.07 Å². The van der Waals surface area contributed by atoms with Crippen LogP contribution in [-0.2, 0) is 6.42 Å². The molecule has 1 aromatic carbocycles. The maximum Gasteiger partial charge on any atom is 0.123 e. The van der Waals surface area contributed by atoms with Crippen LogP contribution in [0.25, 0.3) is 0 Å². The minimum Gasteiger partial charge on any atom is -0.294 e. The molecule has 1 aliphatic rings. The van der Waals surface area contributed by atoms with Crippen molar-refractivity contribution in [2.45, 2.75) is 51.6 Å². The lowest BCUT2D eigenvalue weighted by atomic mass is 9.92. The third kappa shape index (κ3) is 2.79. The van der Waals surface area contributed by atoms with Gasteiger partial charge in [0, 0.05) is 11.0 Å². The molecule has 0 saturated heterocycles. The summed E-state index contributed by atoms with van der Waals surface area (Å²) in [5.74, 6) is -0.215. The van der Waals surface area contributed by atoms with Gasteiger partial charge in [-0.1, -0.05) is 19.1 Å². The summed E-state index contributed by atoms with van der Waals surface area (Å²) in [5.41, 5.74) is 0.242. The standard InChI is InChI=1S/C16H21FN2/c1-14(2,3)19-16(11-18)10-15(16,4)9-12-6-5-7-13(17)8-12/h5-8,19H,9-10H2,1-4H3/t15-,16+/m1/s1. The van der Waals surface area contributed by atoms with Crippen molar-refractivity contribution in [3.05, 3.63) is 35.6 Å². The Morgan fingerprint density at radius 2 is 2.11 bits per heavy atom. The molecule has 0 radical (unpaired) electrons. The van der Waals surface area contributed by atoms with Crippen molar-refractivity contribution in [2.24, 2.45) is 5.41 Å². The summed E-state index contributed by atoms with van der Waals surface area (Å²) in [4.78, 5) is 0. The molecule has 0 unspecified atom stereocenters. The van der Waals surface area contributed by atoms with Gasteiger partial charge in [0.2, 0.25) is 0 Å². The number of nitrogens with zero attached hydrogens (tertiary/aromatic N) is 1. The summed E-state index contributed by atoms with van der Waals surface area (Å²) in [6, 6.07) is 9.08. The van der Waals surface area contributed by atoms with Gasteiger partial charge in [-0.2, -0.15) is 5.26 Å². The van der Waals surface area contributed by atoms with E-state index in [2.05, 4.69) is 39.1 Å². The smallest absolute Gasteiger partial charge is 0.123 e. The van der Waals surface area contributed by atoms with Crippen LogP contribution in [0.5, 0.6) is 0 Å². The number of nitriles is 1. The van der Waals surface area contributed by atoms with Crippen LogP contribution in [0.1, 0.15) is 39.7 Å². The quantitative estimate of drug-likeness (QED) is 0.903. The Labute approximate surface area is 114 Å². The van der Waals surface area contributed by atoms with E-state index < -0.39 is 5.54 Å². The molecule has 0 aromatic heterocycles. The number of benzene rings is 1. The fourth-order valence-corrected chi connectivity index (χ4v) is 2.89. The van der Waals surface area contributed by atoms with Crippen LogP contribution in [0.4, 0.5) is 4.39 Å². The minimum absolute atomic E-state index is 0.102. The maximum absolute atomic E-state index is 13.2. The number of hydrogen-bond acceptors (Lipinski definition) is 2. The second-order valence-electron chi connectivity index (χ2n) is 6.94. The molecule has 3 heteroatoms. The lowest BCUT2D eigenvalue weighted by molar-refractivity contribution is 0.333. The molecule has 0 heterocycles. The van der Waals surface area contributed by atoms with Gasteiger partial charge in [-0.15, -0.1) is 0 Å². The van der Waals surface area contributed by atoms with Crippen molar-refractivity contribution in [1.82, 2.24) is 5.32 Å². The Morgan fingerprint density at radius 3 is 2.63 bits per heavy atom. The molecule has 2 nitrogen and oxygen atoms in total. The van der Waals surface area contributed by atoms with Crippen molar-refractivity contribution in [3.63, 3.8) is 0 Å². The number of rotatable bonds is 3. The molecule has 102 valence electrons. The van der Waals surface area contributed by atoms with Crippen molar-refractivity contribution in [2.75, 3.05) is 0 Å². The summed E-state index contributed by atoms with van der Waals surface area (Å²) in [6.45, 7) is 8.28. The van der Waals surface area contributed by atoms with Crippen molar-refractivity contribution in [3.8, 4) is 6.07 Å². The van der Waals surface area contributed by atoms with Crippen LogP contribution in [0, 0.1) is 22.6 Å². The number of hydrogen-bond donors (Lipinski definition) is 1. The topological polar surface area (TPSA) is 35.8 Å². The Kier molecular flexibility index (Phi) is 3.18. The molecule has 1 N–H and O–H groups in total. The van der Waals surface area contributed by atoms with Crippen LogP contribution in [0.2, 0.25) is 0 Å². The first-order valence-corrected chi connectivity index (χ1v) is 6.65. The van der Waals surface area contributed by atoms with Crippen LogP contribution in [-0.4, -0.2) is 11.1 Å². The maximum atomic E-state index is 13.2. The summed E-state index contributed by atoms with van der Waals surface area (Å²) < 4.78 is 13.2. The fraction of sp³-hybridized carbons (Fsp3) is 0.562. The van der Waals surface area contributed by atoms with E-state index >= 15 is 0 Å². The van der Waals surface area contributed by atoms with E-state index in [4.69, 9.17) is 0 Å². The third-order valence-corrected chi connectivity index (χ3v) is 3.82. The largest absolute Gasteiger partial charge is 0.294 e. The highest BCUT2D eigenvalue weighted by molar-refractivity contribution is 5.35.